The Labute approximate surface area is 102 Å². The van der Waals surface area contributed by atoms with Crippen LogP contribution in [-0.4, -0.2) is 9.97 Å². The fourth-order valence-corrected chi connectivity index (χ4v) is 2.04. The molecule has 3 nitrogen and oxygen atoms in total. The van der Waals surface area contributed by atoms with Gasteiger partial charge < -0.3 is 4.98 Å². The van der Waals surface area contributed by atoms with Gasteiger partial charge in [0.1, 0.15) is 5.82 Å². The number of H-pyrrole nitrogens is 1. The number of rotatable bonds is 3. The number of halogens is 1. The molecule has 0 atom stereocenters. The number of hydrogen-bond donors (Lipinski definition) is 1. The molecule has 1 N–H and O–H groups in total. The lowest BCUT2D eigenvalue weighted by molar-refractivity contribution is 0.627. The van der Waals surface area contributed by atoms with Crippen molar-refractivity contribution in [2.24, 2.45) is 0 Å². The number of benzene rings is 1. The summed E-state index contributed by atoms with van der Waals surface area (Å²) < 4.78 is 12.7. The molecule has 0 aliphatic heterocycles. The maximum Gasteiger partial charge on any atom is 0.276 e. The van der Waals surface area contributed by atoms with E-state index in [4.69, 9.17) is 0 Å². The van der Waals surface area contributed by atoms with Crippen LogP contribution >= 0.6 is 11.8 Å². The minimum atomic E-state index is -0.249. The van der Waals surface area contributed by atoms with Crippen molar-refractivity contribution in [3.63, 3.8) is 0 Å². The van der Waals surface area contributed by atoms with Crippen LogP contribution in [-0.2, 0) is 5.75 Å². The van der Waals surface area contributed by atoms with E-state index in [1.54, 1.807) is 25.3 Å². The van der Waals surface area contributed by atoms with Crippen molar-refractivity contribution in [2.45, 2.75) is 17.8 Å². The van der Waals surface area contributed by atoms with Crippen LogP contribution in [0.15, 0.2) is 40.4 Å². The van der Waals surface area contributed by atoms with Crippen molar-refractivity contribution in [1.82, 2.24) is 9.97 Å². The first-order chi connectivity index (χ1) is 8.15. The molecule has 1 aromatic carbocycles. The summed E-state index contributed by atoms with van der Waals surface area (Å²) >= 11 is 1.41. The van der Waals surface area contributed by atoms with E-state index in [-0.39, 0.29) is 11.4 Å². The van der Waals surface area contributed by atoms with E-state index in [9.17, 15) is 9.18 Å². The molecule has 0 spiro atoms. The SMILES string of the molecule is Cc1c[nH]c(SCc2ccc(F)cc2)nc1=O. The van der Waals surface area contributed by atoms with Gasteiger partial charge in [-0.2, -0.15) is 4.98 Å². The molecular formula is C12H11FN2OS. The second-order valence-corrected chi connectivity index (χ2v) is 4.57. The Morgan fingerprint density at radius 2 is 2.06 bits per heavy atom. The Hall–Kier alpha value is -1.62. The fraction of sp³-hybridized carbons (Fsp3) is 0.167. The van der Waals surface area contributed by atoms with Gasteiger partial charge in [-0.05, 0) is 24.6 Å². The molecule has 0 bridgehead atoms. The summed E-state index contributed by atoms with van der Waals surface area (Å²) in [5, 5.41) is 0.574. The maximum absolute atomic E-state index is 12.7. The fourth-order valence-electron chi connectivity index (χ4n) is 1.25. The molecule has 0 fully saturated rings. The Balaban J connectivity index is 2.04. The standard InChI is InChI=1S/C12H11FN2OS/c1-8-6-14-12(15-11(8)16)17-7-9-2-4-10(13)5-3-9/h2-6H,7H2,1H3,(H,14,15,16). The molecule has 0 radical (unpaired) electrons. The van der Waals surface area contributed by atoms with Crippen LogP contribution < -0.4 is 5.56 Å². The first-order valence-electron chi connectivity index (χ1n) is 5.09. The molecule has 1 heterocycles. The molecule has 2 rings (SSSR count). The van der Waals surface area contributed by atoms with Gasteiger partial charge in [0.2, 0.25) is 0 Å². The minimum Gasteiger partial charge on any atom is -0.341 e. The second kappa shape index (κ2) is 5.14. The quantitative estimate of drug-likeness (QED) is 0.672. The van der Waals surface area contributed by atoms with Gasteiger partial charge in [0.05, 0.1) is 0 Å². The van der Waals surface area contributed by atoms with Crippen LogP contribution in [0.4, 0.5) is 4.39 Å². The zero-order valence-electron chi connectivity index (χ0n) is 9.24. The predicted molar refractivity (Wildman–Crippen MR) is 65.6 cm³/mol. The Morgan fingerprint density at radius 3 is 2.71 bits per heavy atom. The molecule has 0 aliphatic carbocycles. The normalized spacial score (nSPS) is 10.5. The van der Waals surface area contributed by atoms with Gasteiger partial charge in [0.25, 0.3) is 5.56 Å². The summed E-state index contributed by atoms with van der Waals surface area (Å²) in [5.41, 5.74) is 1.36. The Kier molecular flexibility index (Phi) is 3.58. The van der Waals surface area contributed by atoms with Gasteiger partial charge in [-0.3, -0.25) is 4.79 Å². The van der Waals surface area contributed by atoms with Gasteiger partial charge in [-0.15, -0.1) is 0 Å². The van der Waals surface area contributed by atoms with E-state index in [1.165, 1.54) is 23.9 Å². The number of nitrogens with one attached hydrogen (secondary N) is 1. The third-order valence-electron chi connectivity index (χ3n) is 2.24. The van der Waals surface area contributed by atoms with Crippen LogP contribution in [0.3, 0.4) is 0 Å². The maximum atomic E-state index is 12.7. The molecule has 2 aromatic rings. The highest BCUT2D eigenvalue weighted by Crippen LogP contribution is 2.17. The molecule has 0 unspecified atom stereocenters. The Bertz CT molecular complexity index is 565. The number of nitrogens with zero attached hydrogens (tertiary/aromatic N) is 1. The topological polar surface area (TPSA) is 45.8 Å². The van der Waals surface area contributed by atoms with Crippen LogP contribution in [0.1, 0.15) is 11.1 Å². The highest BCUT2D eigenvalue weighted by Gasteiger charge is 2.01. The first-order valence-corrected chi connectivity index (χ1v) is 6.07. The van der Waals surface area contributed by atoms with E-state index in [0.29, 0.717) is 16.5 Å². The van der Waals surface area contributed by atoms with Crippen LogP contribution in [0.5, 0.6) is 0 Å². The summed E-state index contributed by atoms with van der Waals surface area (Å²) in [6.07, 6.45) is 1.64. The monoisotopic (exact) mass is 250 g/mol. The van der Waals surface area contributed by atoms with Crippen molar-refractivity contribution >= 4 is 11.8 Å². The van der Waals surface area contributed by atoms with Gasteiger partial charge in [0, 0.05) is 17.5 Å². The van der Waals surface area contributed by atoms with E-state index in [2.05, 4.69) is 9.97 Å². The zero-order valence-corrected chi connectivity index (χ0v) is 10.1. The molecule has 88 valence electrons. The molecule has 1 aromatic heterocycles. The molecule has 5 heteroatoms. The van der Waals surface area contributed by atoms with Crippen molar-refractivity contribution < 1.29 is 4.39 Å². The summed E-state index contributed by atoms with van der Waals surface area (Å²) in [6, 6.07) is 6.27. The highest BCUT2D eigenvalue weighted by molar-refractivity contribution is 7.98. The van der Waals surface area contributed by atoms with Crippen molar-refractivity contribution in [3.05, 3.63) is 57.8 Å². The van der Waals surface area contributed by atoms with E-state index in [0.717, 1.165) is 5.56 Å². The van der Waals surface area contributed by atoms with E-state index in [1.807, 2.05) is 0 Å². The van der Waals surface area contributed by atoms with Crippen molar-refractivity contribution in [2.75, 3.05) is 0 Å². The summed E-state index contributed by atoms with van der Waals surface area (Å²) in [5.74, 6) is 0.396. The lowest BCUT2D eigenvalue weighted by Crippen LogP contribution is -2.10. The van der Waals surface area contributed by atoms with Gasteiger partial charge in [-0.1, -0.05) is 23.9 Å². The summed E-state index contributed by atoms with van der Waals surface area (Å²) in [4.78, 5) is 18.1. The number of aromatic amines is 1. The van der Waals surface area contributed by atoms with Gasteiger partial charge in [0.15, 0.2) is 5.16 Å². The second-order valence-electron chi connectivity index (χ2n) is 3.61. The zero-order chi connectivity index (χ0) is 12.3. The molecule has 0 saturated carbocycles. The van der Waals surface area contributed by atoms with E-state index >= 15 is 0 Å². The highest BCUT2D eigenvalue weighted by atomic mass is 32.2. The van der Waals surface area contributed by atoms with E-state index < -0.39 is 0 Å². The summed E-state index contributed by atoms with van der Waals surface area (Å²) in [6.45, 7) is 1.71. The lowest BCUT2D eigenvalue weighted by Gasteiger charge is -2.01. The molecule has 0 saturated heterocycles. The van der Waals surface area contributed by atoms with Crippen molar-refractivity contribution in [1.29, 1.82) is 0 Å². The molecule has 17 heavy (non-hydrogen) atoms. The average Bonchev–Trinajstić information content (AvgIpc) is 2.33. The third kappa shape index (κ3) is 3.17. The lowest BCUT2D eigenvalue weighted by atomic mass is 10.2. The first kappa shape index (κ1) is 11.9. The van der Waals surface area contributed by atoms with Gasteiger partial charge in [-0.25, -0.2) is 4.39 Å². The molecule has 0 aliphatic rings. The molecule has 0 amide bonds. The van der Waals surface area contributed by atoms with Crippen LogP contribution in [0.2, 0.25) is 0 Å². The largest absolute Gasteiger partial charge is 0.341 e. The van der Waals surface area contributed by atoms with Crippen LogP contribution in [0, 0.1) is 12.7 Å². The summed E-state index contributed by atoms with van der Waals surface area (Å²) in [7, 11) is 0. The Morgan fingerprint density at radius 1 is 1.35 bits per heavy atom. The smallest absolute Gasteiger partial charge is 0.276 e. The van der Waals surface area contributed by atoms with Crippen LogP contribution in [0.25, 0.3) is 0 Å². The number of thioether (sulfide) groups is 1. The molecular weight excluding hydrogens is 239 g/mol. The number of aromatic nitrogens is 2. The third-order valence-corrected chi connectivity index (χ3v) is 3.20. The van der Waals surface area contributed by atoms with Crippen molar-refractivity contribution in [3.8, 4) is 0 Å². The number of hydrogen-bond acceptors (Lipinski definition) is 3. The van der Waals surface area contributed by atoms with Gasteiger partial charge >= 0.3 is 0 Å². The predicted octanol–water partition coefficient (Wildman–Crippen LogP) is 2.51. The average molecular weight is 250 g/mol. The number of aryl methyl sites for hydroxylation is 1. The minimum absolute atomic E-state index is 0.217.